The minimum atomic E-state index is -1.15. The van der Waals surface area contributed by atoms with Crippen LogP contribution in [-0.4, -0.2) is 37.4 Å². The van der Waals surface area contributed by atoms with Crippen molar-refractivity contribution >= 4 is 29.5 Å². The van der Waals surface area contributed by atoms with Gasteiger partial charge in [0.25, 0.3) is 0 Å². The lowest BCUT2D eigenvalue weighted by atomic mass is 10.0. The number of carboxylic acids is 1. The van der Waals surface area contributed by atoms with Crippen molar-refractivity contribution in [1.82, 2.24) is 19.7 Å². The van der Waals surface area contributed by atoms with Gasteiger partial charge in [0, 0.05) is 23.1 Å². The van der Waals surface area contributed by atoms with Crippen LogP contribution in [0, 0.1) is 0 Å². The van der Waals surface area contributed by atoms with Crippen molar-refractivity contribution in [3.8, 4) is 28.4 Å². The summed E-state index contributed by atoms with van der Waals surface area (Å²) in [6.07, 6.45) is 3.85. The van der Waals surface area contributed by atoms with Crippen LogP contribution in [0.15, 0.2) is 83.8 Å². The third kappa shape index (κ3) is 5.44. The molecule has 1 N–H and O–H groups in total. The van der Waals surface area contributed by atoms with E-state index >= 15 is 0 Å². The molecule has 0 saturated carbocycles. The Kier molecular flexibility index (Phi) is 7.79. The number of hydrogen-bond donors (Lipinski definition) is 2. The number of unbranched alkanes of at least 4 members (excludes halogenated alkanes) is 1. The molecule has 0 amide bonds. The molecule has 8 nitrogen and oxygen atoms in total. The lowest BCUT2D eigenvalue weighted by Crippen LogP contribution is -2.07. The summed E-state index contributed by atoms with van der Waals surface area (Å²) in [5, 5.41) is 18.5. The number of fused-ring (bicyclic) bond motifs is 1. The van der Waals surface area contributed by atoms with Gasteiger partial charge in [-0.15, -0.1) is 16.8 Å². The zero-order valence-electron chi connectivity index (χ0n) is 21.4. The number of pyridine rings is 1. The minimum absolute atomic E-state index is 0.161. The highest BCUT2D eigenvalue weighted by atomic mass is 32.1. The van der Waals surface area contributed by atoms with Crippen LogP contribution >= 0.6 is 12.6 Å². The minimum Gasteiger partial charge on any atom is -0.494 e. The highest BCUT2D eigenvalue weighted by molar-refractivity contribution is 7.80. The smallest absolute Gasteiger partial charge is 0.371 e. The van der Waals surface area contributed by atoms with E-state index < -0.39 is 11.2 Å². The summed E-state index contributed by atoms with van der Waals surface area (Å²) >= 11 is 4.70. The van der Waals surface area contributed by atoms with E-state index in [0.29, 0.717) is 30.6 Å². The molecule has 1 atom stereocenters. The van der Waals surface area contributed by atoms with Gasteiger partial charge in [0.2, 0.25) is 5.76 Å². The molecule has 2 aromatic carbocycles. The van der Waals surface area contributed by atoms with Gasteiger partial charge in [0.1, 0.15) is 16.8 Å². The average molecular weight is 541 g/mol. The molecule has 0 aliphatic heterocycles. The molecule has 0 spiro atoms. The number of nitrogens with zero attached hydrogens (tertiary/aromatic N) is 4. The second kappa shape index (κ2) is 11.6. The summed E-state index contributed by atoms with van der Waals surface area (Å²) in [6.45, 7) is 7.15. The first-order valence-electron chi connectivity index (χ1n) is 12.7. The van der Waals surface area contributed by atoms with Crippen LogP contribution in [0.3, 0.4) is 0 Å². The number of allylic oxidation sites excluding steroid dienone is 1. The van der Waals surface area contributed by atoms with E-state index in [2.05, 4.69) is 23.7 Å². The van der Waals surface area contributed by atoms with E-state index in [-0.39, 0.29) is 5.76 Å². The van der Waals surface area contributed by atoms with Crippen molar-refractivity contribution in [2.24, 2.45) is 0 Å². The van der Waals surface area contributed by atoms with Gasteiger partial charge in [0.15, 0.2) is 11.6 Å². The number of rotatable bonds is 11. The van der Waals surface area contributed by atoms with Gasteiger partial charge in [-0.1, -0.05) is 37.6 Å². The summed E-state index contributed by atoms with van der Waals surface area (Å²) < 4.78 is 13.2. The van der Waals surface area contributed by atoms with Crippen molar-refractivity contribution in [3.05, 3.63) is 96.7 Å². The van der Waals surface area contributed by atoms with Gasteiger partial charge < -0.3 is 18.8 Å². The fourth-order valence-electron chi connectivity index (χ4n) is 4.33. The monoisotopic (exact) mass is 540 g/mol. The van der Waals surface area contributed by atoms with Crippen LogP contribution in [-0.2, 0) is 6.54 Å². The van der Waals surface area contributed by atoms with Gasteiger partial charge >= 0.3 is 5.97 Å². The number of aromatic nitrogens is 4. The average Bonchev–Trinajstić information content (AvgIpc) is 3.61. The summed E-state index contributed by atoms with van der Waals surface area (Å²) in [4.78, 5) is 16.2. The molecule has 0 radical (unpaired) electrons. The van der Waals surface area contributed by atoms with Crippen molar-refractivity contribution in [2.75, 3.05) is 6.61 Å². The number of carbonyl (C=O) groups is 1. The maximum Gasteiger partial charge on any atom is 0.371 e. The number of carboxylic acid groups (broad SMARTS) is 1. The maximum absolute atomic E-state index is 11.3. The third-order valence-corrected chi connectivity index (χ3v) is 6.80. The van der Waals surface area contributed by atoms with E-state index in [1.807, 2.05) is 59.2 Å². The predicted molar refractivity (Wildman–Crippen MR) is 153 cm³/mol. The molecule has 0 aliphatic carbocycles. The van der Waals surface area contributed by atoms with Gasteiger partial charge in [-0.05, 0) is 55.0 Å². The number of hydrogen-bond acceptors (Lipinski definition) is 7. The maximum atomic E-state index is 11.3. The fraction of sp³-hybridized carbons (Fsp3) is 0.200. The van der Waals surface area contributed by atoms with Crippen LogP contribution in [0.2, 0.25) is 0 Å². The predicted octanol–water partition coefficient (Wildman–Crippen LogP) is 6.84. The molecule has 9 heteroatoms. The Bertz CT molecular complexity index is 1620. The Balaban J connectivity index is 1.58. The highest BCUT2D eigenvalue weighted by Gasteiger charge is 2.25. The molecule has 5 rings (SSSR count). The molecular weight excluding hydrogens is 512 g/mol. The highest BCUT2D eigenvalue weighted by Crippen LogP contribution is 2.35. The van der Waals surface area contributed by atoms with Crippen LogP contribution in [0.5, 0.6) is 5.75 Å². The molecular formula is C30H28N4O4S. The molecule has 3 aromatic heterocycles. The summed E-state index contributed by atoms with van der Waals surface area (Å²) in [7, 11) is 0. The van der Waals surface area contributed by atoms with E-state index in [4.69, 9.17) is 26.8 Å². The topological polar surface area (TPSA) is 103 Å². The Morgan fingerprint density at radius 2 is 1.95 bits per heavy atom. The second-order valence-corrected chi connectivity index (χ2v) is 9.51. The lowest BCUT2D eigenvalue weighted by molar-refractivity contribution is 0.0660. The Hall–Kier alpha value is -4.37. The zero-order chi connectivity index (χ0) is 27.4. The van der Waals surface area contributed by atoms with Crippen molar-refractivity contribution in [3.63, 3.8) is 0 Å². The second-order valence-electron chi connectivity index (χ2n) is 8.99. The Labute approximate surface area is 231 Å². The van der Waals surface area contributed by atoms with Crippen molar-refractivity contribution in [2.45, 2.75) is 31.6 Å². The van der Waals surface area contributed by atoms with Gasteiger partial charge in [-0.25, -0.2) is 9.78 Å². The summed E-state index contributed by atoms with van der Waals surface area (Å²) in [5.74, 6) is 1.01. The van der Waals surface area contributed by atoms with Crippen LogP contribution in [0.25, 0.3) is 33.5 Å². The SMILES string of the molecule is C=CCn1c(-c2cc(-c3ccc(OCCCC)cc3)nc3ccccc23)nnc1C(S)c1ccc(C(=O)O)o1. The first-order chi connectivity index (χ1) is 19.0. The molecule has 1 unspecified atom stereocenters. The molecule has 198 valence electrons. The quantitative estimate of drug-likeness (QED) is 0.107. The molecule has 3 heterocycles. The molecule has 5 aromatic rings. The van der Waals surface area contributed by atoms with Gasteiger partial charge in [0.05, 0.1) is 17.8 Å². The standard InChI is InChI=1S/C30H28N4O4S/c1-3-5-17-37-20-12-10-19(11-13-20)24-18-22(21-8-6-7-9-23(21)31-24)28-32-33-29(34(28)16-4-2)27(39)25-14-15-26(38-25)30(35)36/h4,6-15,18,27,39H,2-3,5,16-17H2,1H3,(H,35,36). The summed E-state index contributed by atoms with van der Waals surface area (Å²) in [5.41, 5.74) is 3.41. The van der Waals surface area contributed by atoms with Crippen molar-refractivity contribution < 1.29 is 19.1 Å². The molecule has 0 aliphatic rings. The van der Waals surface area contributed by atoms with E-state index in [0.717, 1.165) is 46.3 Å². The van der Waals surface area contributed by atoms with Crippen LogP contribution in [0.4, 0.5) is 0 Å². The third-order valence-electron chi connectivity index (χ3n) is 6.32. The normalized spacial score (nSPS) is 11.9. The number of thiol groups is 1. The fourth-order valence-corrected chi connectivity index (χ4v) is 4.66. The largest absolute Gasteiger partial charge is 0.494 e. The number of furan rings is 1. The van der Waals surface area contributed by atoms with Gasteiger partial charge in [-0.2, -0.15) is 12.6 Å². The zero-order valence-corrected chi connectivity index (χ0v) is 22.3. The van der Waals surface area contributed by atoms with E-state index in [9.17, 15) is 9.90 Å². The van der Waals surface area contributed by atoms with E-state index in [1.54, 1.807) is 12.1 Å². The summed E-state index contributed by atoms with van der Waals surface area (Å²) in [6, 6.07) is 20.8. The molecule has 0 fully saturated rings. The number of benzene rings is 2. The Morgan fingerprint density at radius 1 is 1.15 bits per heavy atom. The Morgan fingerprint density at radius 3 is 2.67 bits per heavy atom. The van der Waals surface area contributed by atoms with Crippen LogP contribution in [0.1, 0.15) is 47.2 Å². The molecule has 0 bridgehead atoms. The number of para-hydroxylation sites is 1. The van der Waals surface area contributed by atoms with Crippen molar-refractivity contribution in [1.29, 1.82) is 0 Å². The lowest BCUT2D eigenvalue weighted by Gasteiger charge is -2.14. The molecule has 39 heavy (non-hydrogen) atoms. The number of ether oxygens (including phenoxy) is 1. The van der Waals surface area contributed by atoms with Crippen LogP contribution < -0.4 is 4.74 Å². The van der Waals surface area contributed by atoms with Gasteiger partial charge in [-0.3, -0.25) is 0 Å². The van der Waals surface area contributed by atoms with E-state index in [1.165, 1.54) is 6.07 Å². The number of aromatic carboxylic acids is 1. The molecule has 0 saturated heterocycles. The first kappa shape index (κ1) is 26.2. The first-order valence-corrected chi connectivity index (χ1v) is 13.2.